The highest BCUT2D eigenvalue weighted by atomic mass is 16.5. The van der Waals surface area contributed by atoms with Crippen molar-refractivity contribution in [1.82, 2.24) is 9.97 Å². The lowest BCUT2D eigenvalue weighted by Gasteiger charge is -2.30. The number of aromatic carboxylic acids is 1. The molecule has 3 rings (SSSR count). The predicted molar refractivity (Wildman–Crippen MR) is 82.1 cm³/mol. The molecule has 7 heteroatoms. The molecule has 2 heterocycles. The Labute approximate surface area is 132 Å². The predicted octanol–water partition coefficient (Wildman–Crippen LogP) is 1.83. The van der Waals surface area contributed by atoms with Crippen LogP contribution in [0.25, 0.3) is 0 Å². The Kier molecular flexibility index (Phi) is 3.69. The van der Waals surface area contributed by atoms with Gasteiger partial charge in [0.15, 0.2) is 5.69 Å². The third-order valence-corrected chi connectivity index (χ3v) is 3.59. The number of ether oxygens (including phenoxy) is 1. The summed E-state index contributed by atoms with van der Waals surface area (Å²) in [5.74, 6) is -0.825. The van der Waals surface area contributed by atoms with E-state index < -0.39 is 5.97 Å². The van der Waals surface area contributed by atoms with E-state index in [9.17, 15) is 9.59 Å². The minimum absolute atomic E-state index is 0.0991. The van der Waals surface area contributed by atoms with E-state index >= 15 is 0 Å². The molecule has 0 radical (unpaired) electrons. The van der Waals surface area contributed by atoms with Crippen molar-refractivity contribution in [1.29, 1.82) is 0 Å². The van der Waals surface area contributed by atoms with E-state index in [1.54, 1.807) is 4.90 Å². The fourth-order valence-corrected chi connectivity index (χ4v) is 2.58. The number of carbonyl (C=O) groups is 2. The molecule has 1 amide bonds. The molecule has 1 aromatic heterocycles. The van der Waals surface area contributed by atoms with Crippen molar-refractivity contribution >= 4 is 17.6 Å². The summed E-state index contributed by atoms with van der Waals surface area (Å²) in [6, 6.07) is 3.88. The van der Waals surface area contributed by atoms with Gasteiger partial charge in [-0.15, -0.1) is 0 Å². The van der Waals surface area contributed by atoms with Crippen LogP contribution in [-0.4, -0.2) is 40.1 Å². The van der Waals surface area contributed by atoms with Gasteiger partial charge in [-0.05, 0) is 31.0 Å². The number of anilines is 1. The van der Waals surface area contributed by atoms with Crippen molar-refractivity contribution in [3.63, 3.8) is 0 Å². The molecule has 118 valence electrons. The summed E-state index contributed by atoms with van der Waals surface area (Å²) in [5, 5.41) is 8.84. The number of carbonyl (C=O) groups excluding carboxylic acids is 1. The zero-order chi connectivity index (χ0) is 16.6. The highest BCUT2D eigenvalue weighted by Crippen LogP contribution is 2.36. The number of benzene rings is 1. The normalized spacial score (nSPS) is 13.2. The molecule has 23 heavy (non-hydrogen) atoms. The van der Waals surface area contributed by atoms with E-state index in [-0.39, 0.29) is 17.3 Å². The Bertz CT molecular complexity index is 787. The first-order chi connectivity index (χ1) is 11.0. The number of rotatable bonds is 2. The van der Waals surface area contributed by atoms with Gasteiger partial charge in [0.05, 0.1) is 24.6 Å². The number of nitrogens with zero attached hydrogens (tertiary/aromatic N) is 3. The number of carboxylic acid groups (broad SMARTS) is 1. The van der Waals surface area contributed by atoms with Crippen molar-refractivity contribution in [3.8, 4) is 5.75 Å². The van der Waals surface area contributed by atoms with Gasteiger partial charge >= 0.3 is 5.97 Å². The maximum absolute atomic E-state index is 12.7. The SMILES string of the molecule is Cc1cc(C)c2c(c1)N(C(=O)c1cnc(C(=O)O)cn1)CCO2. The molecular weight excluding hydrogens is 298 g/mol. The second-order valence-corrected chi connectivity index (χ2v) is 5.33. The Morgan fingerprint density at radius 3 is 2.52 bits per heavy atom. The molecule has 0 saturated carbocycles. The third-order valence-electron chi connectivity index (χ3n) is 3.59. The van der Waals surface area contributed by atoms with E-state index in [1.165, 1.54) is 6.20 Å². The van der Waals surface area contributed by atoms with Crippen LogP contribution in [0.15, 0.2) is 24.5 Å². The minimum Gasteiger partial charge on any atom is -0.489 e. The van der Waals surface area contributed by atoms with Crippen LogP contribution >= 0.6 is 0 Å². The van der Waals surface area contributed by atoms with Crippen LogP contribution in [0.4, 0.5) is 5.69 Å². The van der Waals surface area contributed by atoms with Gasteiger partial charge in [0.2, 0.25) is 0 Å². The van der Waals surface area contributed by atoms with Gasteiger partial charge in [0.1, 0.15) is 18.1 Å². The first-order valence-corrected chi connectivity index (χ1v) is 7.08. The summed E-state index contributed by atoms with van der Waals surface area (Å²) in [4.78, 5) is 32.7. The quantitative estimate of drug-likeness (QED) is 0.909. The highest BCUT2D eigenvalue weighted by molar-refractivity contribution is 6.06. The summed E-state index contributed by atoms with van der Waals surface area (Å²) in [6.45, 7) is 4.67. The fourth-order valence-electron chi connectivity index (χ4n) is 2.58. The second kappa shape index (κ2) is 5.68. The molecule has 1 aliphatic heterocycles. The van der Waals surface area contributed by atoms with Crippen LogP contribution in [0.3, 0.4) is 0 Å². The standard InChI is InChI=1S/C16H15N3O4/c1-9-5-10(2)14-13(6-9)19(3-4-23-14)15(20)11-7-18-12(8-17-11)16(21)22/h5-8H,3-4H2,1-2H3,(H,21,22). The number of hydrogen-bond acceptors (Lipinski definition) is 5. The molecule has 0 spiro atoms. The summed E-state index contributed by atoms with van der Waals surface area (Å²) >= 11 is 0. The highest BCUT2D eigenvalue weighted by Gasteiger charge is 2.27. The molecule has 1 N–H and O–H groups in total. The van der Waals surface area contributed by atoms with E-state index in [1.807, 2.05) is 26.0 Å². The average molecular weight is 313 g/mol. The summed E-state index contributed by atoms with van der Waals surface area (Å²) in [5.41, 5.74) is 2.59. The molecule has 0 unspecified atom stereocenters. The van der Waals surface area contributed by atoms with E-state index in [0.717, 1.165) is 17.3 Å². The van der Waals surface area contributed by atoms with Gasteiger partial charge in [-0.25, -0.2) is 14.8 Å². The summed E-state index contributed by atoms with van der Waals surface area (Å²) < 4.78 is 5.67. The number of fused-ring (bicyclic) bond motifs is 1. The molecule has 0 bridgehead atoms. The zero-order valence-corrected chi connectivity index (χ0v) is 12.7. The number of hydrogen-bond donors (Lipinski definition) is 1. The van der Waals surface area contributed by atoms with Crippen LogP contribution < -0.4 is 9.64 Å². The molecule has 7 nitrogen and oxygen atoms in total. The smallest absolute Gasteiger partial charge is 0.356 e. The van der Waals surface area contributed by atoms with E-state index in [0.29, 0.717) is 24.6 Å². The molecular formula is C16H15N3O4. The maximum Gasteiger partial charge on any atom is 0.356 e. The minimum atomic E-state index is -1.18. The van der Waals surface area contributed by atoms with Crippen LogP contribution in [0.2, 0.25) is 0 Å². The monoisotopic (exact) mass is 313 g/mol. The largest absolute Gasteiger partial charge is 0.489 e. The van der Waals surface area contributed by atoms with Crippen molar-refractivity contribution in [3.05, 3.63) is 47.0 Å². The molecule has 0 saturated heterocycles. The van der Waals surface area contributed by atoms with E-state index in [2.05, 4.69) is 9.97 Å². The molecule has 0 fully saturated rings. The van der Waals surface area contributed by atoms with E-state index in [4.69, 9.17) is 9.84 Å². The lowest BCUT2D eigenvalue weighted by molar-refractivity contribution is 0.0689. The molecule has 1 aromatic carbocycles. The summed E-state index contributed by atoms with van der Waals surface area (Å²) in [7, 11) is 0. The maximum atomic E-state index is 12.7. The van der Waals surface area contributed by atoms with Gasteiger partial charge in [-0.1, -0.05) is 6.07 Å². The fraction of sp³-hybridized carbons (Fsp3) is 0.250. The Morgan fingerprint density at radius 2 is 1.87 bits per heavy atom. The number of aromatic nitrogens is 2. The van der Waals surface area contributed by atoms with Gasteiger partial charge < -0.3 is 14.7 Å². The van der Waals surface area contributed by atoms with Crippen molar-refractivity contribution in [2.75, 3.05) is 18.1 Å². The van der Waals surface area contributed by atoms with Crippen LogP contribution in [-0.2, 0) is 0 Å². The van der Waals surface area contributed by atoms with Crippen LogP contribution in [0, 0.1) is 13.8 Å². The zero-order valence-electron chi connectivity index (χ0n) is 12.7. The number of amides is 1. The number of aryl methyl sites for hydroxylation is 2. The van der Waals surface area contributed by atoms with Crippen LogP contribution in [0.5, 0.6) is 5.75 Å². The first kappa shape index (κ1) is 15.0. The summed E-state index contributed by atoms with van der Waals surface area (Å²) in [6.07, 6.45) is 2.27. The van der Waals surface area contributed by atoms with Gasteiger partial charge in [-0.2, -0.15) is 0 Å². The Hall–Kier alpha value is -2.96. The Morgan fingerprint density at radius 1 is 1.17 bits per heavy atom. The first-order valence-electron chi connectivity index (χ1n) is 7.08. The molecule has 0 atom stereocenters. The third kappa shape index (κ3) is 2.73. The van der Waals surface area contributed by atoms with Gasteiger partial charge in [0.25, 0.3) is 5.91 Å². The van der Waals surface area contributed by atoms with Gasteiger partial charge in [-0.3, -0.25) is 4.79 Å². The lowest BCUT2D eigenvalue weighted by atomic mass is 10.1. The van der Waals surface area contributed by atoms with Gasteiger partial charge in [0, 0.05) is 0 Å². The lowest BCUT2D eigenvalue weighted by Crippen LogP contribution is -2.38. The number of carboxylic acids is 1. The second-order valence-electron chi connectivity index (χ2n) is 5.33. The molecule has 0 aliphatic carbocycles. The molecule has 2 aromatic rings. The van der Waals surface area contributed by atoms with Crippen molar-refractivity contribution < 1.29 is 19.4 Å². The Balaban J connectivity index is 1.97. The molecule has 1 aliphatic rings. The van der Waals surface area contributed by atoms with Crippen LogP contribution in [0.1, 0.15) is 32.1 Å². The van der Waals surface area contributed by atoms with Crippen molar-refractivity contribution in [2.24, 2.45) is 0 Å². The van der Waals surface area contributed by atoms with Crippen molar-refractivity contribution in [2.45, 2.75) is 13.8 Å². The topological polar surface area (TPSA) is 92.6 Å². The average Bonchev–Trinajstić information content (AvgIpc) is 2.53.